The summed E-state index contributed by atoms with van der Waals surface area (Å²) in [6.45, 7) is 4.26. The standard InChI is InChI=1S/C17H18N2O4/c1-3-22-15-10-12(17(21)23-4-2)7-8-14(15)19-16(20)13-6-5-9-18-11-13/h5-11H,3-4H2,1-2H3,(H,19,20). The Morgan fingerprint density at radius 2 is 1.96 bits per heavy atom. The second kappa shape index (κ2) is 7.93. The number of pyridine rings is 1. The number of hydrogen-bond donors (Lipinski definition) is 1. The molecule has 1 amide bonds. The van der Waals surface area contributed by atoms with Crippen molar-refractivity contribution in [3.05, 3.63) is 53.9 Å². The summed E-state index contributed by atoms with van der Waals surface area (Å²) >= 11 is 0. The van der Waals surface area contributed by atoms with Crippen LogP contribution in [0.15, 0.2) is 42.7 Å². The van der Waals surface area contributed by atoms with Gasteiger partial charge in [0.25, 0.3) is 5.91 Å². The first kappa shape index (κ1) is 16.5. The molecule has 0 bridgehead atoms. The number of anilines is 1. The van der Waals surface area contributed by atoms with E-state index in [1.165, 1.54) is 6.20 Å². The van der Waals surface area contributed by atoms with E-state index in [9.17, 15) is 9.59 Å². The van der Waals surface area contributed by atoms with Gasteiger partial charge in [-0.25, -0.2) is 4.79 Å². The highest BCUT2D eigenvalue weighted by Crippen LogP contribution is 2.27. The highest BCUT2D eigenvalue weighted by Gasteiger charge is 2.14. The van der Waals surface area contributed by atoms with E-state index in [-0.39, 0.29) is 5.91 Å². The smallest absolute Gasteiger partial charge is 0.338 e. The van der Waals surface area contributed by atoms with Crippen molar-refractivity contribution in [3.63, 3.8) is 0 Å². The van der Waals surface area contributed by atoms with Gasteiger partial charge in [-0.15, -0.1) is 0 Å². The zero-order valence-corrected chi connectivity index (χ0v) is 13.0. The molecular weight excluding hydrogens is 296 g/mol. The number of hydrogen-bond acceptors (Lipinski definition) is 5. The molecule has 0 aliphatic rings. The maximum absolute atomic E-state index is 12.2. The fourth-order valence-electron chi connectivity index (χ4n) is 1.93. The Morgan fingerprint density at radius 3 is 2.61 bits per heavy atom. The summed E-state index contributed by atoms with van der Waals surface area (Å²) in [6, 6.07) is 8.10. The van der Waals surface area contributed by atoms with Gasteiger partial charge in [0.15, 0.2) is 0 Å². The molecular formula is C17H18N2O4. The van der Waals surface area contributed by atoms with Crippen LogP contribution in [0.4, 0.5) is 5.69 Å². The predicted molar refractivity (Wildman–Crippen MR) is 85.8 cm³/mol. The highest BCUT2D eigenvalue weighted by atomic mass is 16.5. The maximum atomic E-state index is 12.2. The van der Waals surface area contributed by atoms with Gasteiger partial charge >= 0.3 is 5.97 Å². The van der Waals surface area contributed by atoms with Crippen LogP contribution in [0.1, 0.15) is 34.6 Å². The molecule has 0 spiro atoms. The summed E-state index contributed by atoms with van der Waals surface area (Å²) in [6.07, 6.45) is 3.07. The van der Waals surface area contributed by atoms with Gasteiger partial charge in [-0.1, -0.05) is 0 Å². The summed E-state index contributed by atoms with van der Waals surface area (Å²) in [5.74, 6) is -0.322. The summed E-state index contributed by atoms with van der Waals surface area (Å²) in [4.78, 5) is 27.9. The molecule has 0 fully saturated rings. The highest BCUT2D eigenvalue weighted by molar-refractivity contribution is 6.05. The van der Waals surface area contributed by atoms with Gasteiger partial charge in [0.05, 0.1) is 30.0 Å². The Hall–Kier alpha value is -2.89. The van der Waals surface area contributed by atoms with Crippen LogP contribution in [-0.4, -0.2) is 30.1 Å². The fraction of sp³-hybridized carbons (Fsp3) is 0.235. The van der Waals surface area contributed by atoms with Crippen molar-refractivity contribution in [2.75, 3.05) is 18.5 Å². The lowest BCUT2D eigenvalue weighted by atomic mass is 10.1. The normalized spacial score (nSPS) is 10.0. The minimum Gasteiger partial charge on any atom is -0.492 e. The van der Waals surface area contributed by atoms with Crippen molar-refractivity contribution >= 4 is 17.6 Å². The van der Waals surface area contributed by atoms with E-state index in [1.807, 2.05) is 6.92 Å². The lowest BCUT2D eigenvalue weighted by Crippen LogP contribution is -2.14. The molecule has 23 heavy (non-hydrogen) atoms. The minimum atomic E-state index is -0.432. The van der Waals surface area contributed by atoms with Gasteiger partial charge < -0.3 is 14.8 Å². The Kier molecular flexibility index (Phi) is 5.68. The van der Waals surface area contributed by atoms with Gasteiger partial charge in [0, 0.05) is 12.4 Å². The Labute approximate surface area is 134 Å². The third-order valence-electron chi connectivity index (χ3n) is 2.96. The molecule has 6 nitrogen and oxygen atoms in total. The second-order valence-electron chi connectivity index (χ2n) is 4.56. The molecule has 0 aliphatic carbocycles. The number of rotatable bonds is 6. The number of carbonyl (C=O) groups is 2. The third-order valence-corrected chi connectivity index (χ3v) is 2.96. The molecule has 1 aromatic heterocycles. The van der Waals surface area contributed by atoms with E-state index < -0.39 is 5.97 Å². The van der Waals surface area contributed by atoms with Crippen molar-refractivity contribution in [3.8, 4) is 5.75 Å². The molecule has 1 N–H and O–H groups in total. The number of carbonyl (C=O) groups excluding carboxylic acids is 2. The van der Waals surface area contributed by atoms with E-state index in [0.717, 1.165) is 0 Å². The van der Waals surface area contributed by atoms with E-state index in [1.54, 1.807) is 43.5 Å². The average Bonchev–Trinajstić information content (AvgIpc) is 2.57. The summed E-state index contributed by atoms with van der Waals surface area (Å²) in [7, 11) is 0. The maximum Gasteiger partial charge on any atom is 0.338 e. The second-order valence-corrected chi connectivity index (χ2v) is 4.56. The number of benzene rings is 1. The van der Waals surface area contributed by atoms with Gasteiger partial charge in [-0.3, -0.25) is 9.78 Å². The van der Waals surface area contributed by atoms with Crippen molar-refractivity contribution in [2.24, 2.45) is 0 Å². The lowest BCUT2D eigenvalue weighted by molar-refractivity contribution is 0.0526. The number of nitrogens with one attached hydrogen (secondary N) is 1. The van der Waals surface area contributed by atoms with Crippen LogP contribution in [0.25, 0.3) is 0 Å². The Balaban J connectivity index is 2.24. The first-order valence-electron chi connectivity index (χ1n) is 7.31. The summed E-state index contributed by atoms with van der Waals surface area (Å²) in [5, 5.41) is 2.75. The molecule has 0 radical (unpaired) electrons. The zero-order valence-electron chi connectivity index (χ0n) is 13.0. The van der Waals surface area contributed by atoms with Crippen LogP contribution in [0.5, 0.6) is 5.75 Å². The van der Waals surface area contributed by atoms with E-state index in [4.69, 9.17) is 9.47 Å². The van der Waals surface area contributed by atoms with E-state index >= 15 is 0 Å². The molecule has 2 aromatic rings. The van der Waals surface area contributed by atoms with Crippen molar-refractivity contribution in [1.29, 1.82) is 0 Å². The molecule has 120 valence electrons. The molecule has 0 aliphatic heterocycles. The first-order valence-corrected chi connectivity index (χ1v) is 7.31. The summed E-state index contributed by atoms with van der Waals surface area (Å²) < 4.78 is 10.5. The summed E-state index contributed by atoms with van der Waals surface area (Å²) in [5.41, 5.74) is 1.29. The lowest BCUT2D eigenvalue weighted by Gasteiger charge is -2.13. The van der Waals surface area contributed by atoms with Gasteiger partial charge in [0.2, 0.25) is 0 Å². The average molecular weight is 314 g/mol. The topological polar surface area (TPSA) is 77.5 Å². The SMILES string of the molecule is CCOC(=O)c1ccc(NC(=O)c2cccnc2)c(OCC)c1. The molecule has 2 rings (SSSR count). The largest absolute Gasteiger partial charge is 0.492 e. The molecule has 0 unspecified atom stereocenters. The molecule has 0 atom stereocenters. The molecule has 0 saturated carbocycles. The molecule has 6 heteroatoms. The molecule has 1 heterocycles. The van der Waals surface area contributed by atoms with Crippen LogP contribution in [0.2, 0.25) is 0 Å². The minimum absolute atomic E-state index is 0.294. The van der Waals surface area contributed by atoms with Crippen LogP contribution >= 0.6 is 0 Å². The van der Waals surface area contributed by atoms with E-state index in [2.05, 4.69) is 10.3 Å². The van der Waals surface area contributed by atoms with Crippen molar-refractivity contribution in [2.45, 2.75) is 13.8 Å². The number of ether oxygens (including phenoxy) is 2. The molecule has 1 aromatic carbocycles. The van der Waals surface area contributed by atoms with Crippen molar-refractivity contribution in [1.82, 2.24) is 4.98 Å². The van der Waals surface area contributed by atoms with Gasteiger partial charge in [-0.2, -0.15) is 0 Å². The van der Waals surface area contributed by atoms with Crippen LogP contribution in [-0.2, 0) is 4.74 Å². The number of esters is 1. The first-order chi connectivity index (χ1) is 11.2. The van der Waals surface area contributed by atoms with Crippen LogP contribution in [0.3, 0.4) is 0 Å². The Morgan fingerprint density at radius 1 is 1.13 bits per heavy atom. The van der Waals surface area contributed by atoms with Crippen molar-refractivity contribution < 1.29 is 19.1 Å². The van der Waals surface area contributed by atoms with Crippen LogP contribution < -0.4 is 10.1 Å². The molecule has 0 saturated heterocycles. The van der Waals surface area contributed by atoms with Crippen LogP contribution in [0, 0.1) is 0 Å². The monoisotopic (exact) mass is 314 g/mol. The zero-order chi connectivity index (χ0) is 16.7. The fourth-order valence-corrected chi connectivity index (χ4v) is 1.93. The number of nitrogens with zero attached hydrogens (tertiary/aromatic N) is 1. The predicted octanol–water partition coefficient (Wildman–Crippen LogP) is 2.91. The third kappa shape index (κ3) is 4.29. The van der Waals surface area contributed by atoms with Gasteiger partial charge in [0.1, 0.15) is 5.75 Å². The number of aromatic nitrogens is 1. The number of amides is 1. The van der Waals surface area contributed by atoms with E-state index in [0.29, 0.717) is 35.8 Å². The Bertz CT molecular complexity index is 686. The quantitative estimate of drug-likeness (QED) is 0.830. The van der Waals surface area contributed by atoms with Gasteiger partial charge in [-0.05, 0) is 44.2 Å².